The second kappa shape index (κ2) is 6.83. The van der Waals surface area contributed by atoms with Crippen molar-refractivity contribution in [3.63, 3.8) is 0 Å². The predicted octanol–water partition coefficient (Wildman–Crippen LogP) is 3.66. The molecule has 24 heavy (non-hydrogen) atoms. The van der Waals surface area contributed by atoms with Crippen molar-refractivity contribution >= 4 is 38.9 Å². The number of carbonyl (C=O) groups is 1. The van der Waals surface area contributed by atoms with Crippen LogP contribution >= 0.6 is 11.6 Å². The van der Waals surface area contributed by atoms with E-state index in [1.54, 1.807) is 41.3 Å². The molecule has 0 radical (unpaired) electrons. The highest BCUT2D eigenvalue weighted by Crippen LogP contribution is 2.27. The molecular formula is C17H17ClN2O3S. The average Bonchev–Trinajstić information content (AvgIpc) is 2.55. The summed E-state index contributed by atoms with van der Waals surface area (Å²) in [4.78, 5) is 13.7. The molecule has 1 saturated heterocycles. The van der Waals surface area contributed by atoms with Crippen LogP contribution in [0.15, 0.2) is 53.4 Å². The van der Waals surface area contributed by atoms with Crippen molar-refractivity contribution in [2.45, 2.75) is 24.2 Å². The molecule has 0 unspecified atom stereocenters. The number of nitrogens with one attached hydrogen (secondary N) is 1. The summed E-state index contributed by atoms with van der Waals surface area (Å²) in [5.74, 6) is 0.0624. The molecule has 7 heteroatoms. The Bertz CT molecular complexity index is 868. The van der Waals surface area contributed by atoms with Gasteiger partial charge < -0.3 is 4.90 Å². The van der Waals surface area contributed by atoms with Crippen molar-refractivity contribution in [3.05, 3.63) is 53.6 Å². The standard InChI is InChI=1S/C17H17ClN2O3S/c18-15-8-1-2-9-16(15)24(22,23)19-13-6-5-7-14(12-13)20-11-4-3-10-17(20)21/h1-2,5-9,12,19H,3-4,10-11H2. The van der Waals surface area contributed by atoms with Gasteiger partial charge >= 0.3 is 0 Å². The van der Waals surface area contributed by atoms with E-state index < -0.39 is 10.0 Å². The van der Waals surface area contributed by atoms with Crippen LogP contribution in [0.25, 0.3) is 0 Å². The van der Waals surface area contributed by atoms with Gasteiger partial charge in [-0.15, -0.1) is 0 Å². The molecule has 1 N–H and O–H groups in total. The molecule has 126 valence electrons. The molecule has 1 heterocycles. The molecule has 3 rings (SSSR count). The van der Waals surface area contributed by atoms with Gasteiger partial charge in [-0.1, -0.05) is 29.8 Å². The Balaban J connectivity index is 1.87. The van der Waals surface area contributed by atoms with Crippen LogP contribution in [0.1, 0.15) is 19.3 Å². The first-order valence-corrected chi connectivity index (χ1v) is 9.51. The fourth-order valence-corrected chi connectivity index (χ4v) is 4.26. The van der Waals surface area contributed by atoms with Crippen LogP contribution in [-0.4, -0.2) is 20.9 Å². The number of sulfonamides is 1. The highest BCUT2D eigenvalue weighted by atomic mass is 35.5. The summed E-state index contributed by atoms with van der Waals surface area (Å²) >= 11 is 5.98. The number of hydrogen-bond acceptors (Lipinski definition) is 3. The Morgan fingerprint density at radius 2 is 1.83 bits per heavy atom. The Hall–Kier alpha value is -2.05. The van der Waals surface area contributed by atoms with Gasteiger partial charge in [0.1, 0.15) is 4.90 Å². The minimum atomic E-state index is -3.79. The van der Waals surface area contributed by atoms with Gasteiger partial charge in [-0.25, -0.2) is 8.42 Å². The summed E-state index contributed by atoms with van der Waals surface area (Å²) < 4.78 is 27.5. The van der Waals surface area contributed by atoms with E-state index in [4.69, 9.17) is 11.6 Å². The normalized spacial score (nSPS) is 15.4. The summed E-state index contributed by atoms with van der Waals surface area (Å²) in [5.41, 5.74) is 1.09. The minimum absolute atomic E-state index is 0.0196. The van der Waals surface area contributed by atoms with Crippen LogP contribution in [0, 0.1) is 0 Å². The number of anilines is 2. The number of halogens is 1. The zero-order valence-electron chi connectivity index (χ0n) is 12.9. The number of hydrogen-bond donors (Lipinski definition) is 1. The maximum atomic E-state index is 12.5. The molecular weight excluding hydrogens is 348 g/mol. The summed E-state index contributed by atoms with van der Waals surface area (Å²) in [5, 5.41) is 0.160. The lowest BCUT2D eigenvalue weighted by atomic mass is 10.1. The summed E-state index contributed by atoms with van der Waals surface area (Å²) in [7, 11) is -3.79. The summed E-state index contributed by atoms with van der Waals surface area (Å²) in [6.45, 7) is 0.652. The maximum Gasteiger partial charge on any atom is 0.263 e. The van der Waals surface area contributed by atoms with Crippen molar-refractivity contribution in [3.8, 4) is 0 Å². The highest BCUT2D eigenvalue weighted by Gasteiger charge is 2.21. The molecule has 0 atom stereocenters. The Morgan fingerprint density at radius 3 is 2.58 bits per heavy atom. The predicted molar refractivity (Wildman–Crippen MR) is 94.9 cm³/mol. The van der Waals surface area contributed by atoms with Crippen LogP contribution < -0.4 is 9.62 Å². The number of benzene rings is 2. The lowest BCUT2D eigenvalue weighted by Crippen LogP contribution is -2.35. The third-order valence-corrected chi connectivity index (χ3v) is 5.74. The van der Waals surface area contributed by atoms with Crippen molar-refractivity contribution in [1.29, 1.82) is 0 Å². The first-order chi connectivity index (χ1) is 11.5. The molecule has 2 aromatic carbocycles. The number of amides is 1. The molecule has 2 aromatic rings. The van der Waals surface area contributed by atoms with Gasteiger partial charge in [-0.2, -0.15) is 0 Å². The molecule has 0 saturated carbocycles. The minimum Gasteiger partial charge on any atom is -0.312 e. The first kappa shape index (κ1) is 16.8. The molecule has 5 nitrogen and oxygen atoms in total. The maximum absolute atomic E-state index is 12.5. The Labute approximate surface area is 146 Å². The molecule has 0 bridgehead atoms. The lowest BCUT2D eigenvalue weighted by molar-refractivity contribution is -0.119. The molecule has 0 aromatic heterocycles. The van der Waals surface area contributed by atoms with E-state index >= 15 is 0 Å². The third kappa shape index (κ3) is 3.55. The van der Waals surface area contributed by atoms with Gasteiger partial charge in [0.2, 0.25) is 5.91 Å². The summed E-state index contributed by atoms with van der Waals surface area (Å²) in [6.07, 6.45) is 2.37. The fraction of sp³-hybridized carbons (Fsp3) is 0.235. The molecule has 1 aliphatic heterocycles. The zero-order chi connectivity index (χ0) is 17.2. The SMILES string of the molecule is O=C1CCCCN1c1cccc(NS(=O)(=O)c2ccccc2Cl)c1. The average molecular weight is 365 g/mol. The van der Waals surface area contributed by atoms with E-state index in [-0.39, 0.29) is 15.8 Å². The zero-order valence-corrected chi connectivity index (χ0v) is 14.5. The van der Waals surface area contributed by atoms with Gasteiger partial charge in [0.05, 0.1) is 10.7 Å². The van der Waals surface area contributed by atoms with E-state index in [0.29, 0.717) is 24.3 Å². The Morgan fingerprint density at radius 1 is 1.04 bits per heavy atom. The van der Waals surface area contributed by atoms with Crippen molar-refractivity contribution in [2.24, 2.45) is 0 Å². The van der Waals surface area contributed by atoms with Gasteiger partial charge in [-0.3, -0.25) is 9.52 Å². The Kier molecular flexibility index (Phi) is 4.78. The van der Waals surface area contributed by atoms with Gasteiger partial charge in [0.15, 0.2) is 0 Å². The van der Waals surface area contributed by atoms with Gasteiger partial charge in [0.25, 0.3) is 10.0 Å². The molecule has 1 amide bonds. The quantitative estimate of drug-likeness (QED) is 0.900. The third-order valence-electron chi connectivity index (χ3n) is 3.86. The smallest absolute Gasteiger partial charge is 0.263 e. The van der Waals surface area contributed by atoms with Crippen LogP contribution in [0.5, 0.6) is 0 Å². The van der Waals surface area contributed by atoms with E-state index in [2.05, 4.69) is 4.72 Å². The second-order valence-electron chi connectivity index (χ2n) is 5.59. The number of nitrogens with zero attached hydrogens (tertiary/aromatic N) is 1. The van der Waals surface area contributed by atoms with Gasteiger partial charge in [0, 0.05) is 18.7 Å². The van der Waals surface area contributed by atoms with Crippen LogP contribution in [-0.2, 0) is 14.8 Å². The van der Waals surface area contributed by atoms with Crippen LogP contribution in [0.3, 0.4) is 0 Å². The van der Waals surface area contributed by atoms with E-state index in [1.807, 2.05) is 0 Å². The topological polar surface area (TPSA) is 66.5 Å². The monoisotopic (exact) mass is 364 g/mol. The van der Waals surface area contributed by atoms with E-state index in [9.17, 15) is 13.2 Å². The van der Waals surface area contributed by atoms with E-state index in [1.165, 1.54) is 12.1 Å². The molecule has 0 spiro atoms. The molecule has 1 fully saturated rings. The largest absolute Gasteiger partial charge is 0.312 e. The molecule has 0 aliphatic carbocycles. The summed E-state index contributed by atoms with van der Waals surface area (Å²) in [6, 6.07) is 13.1. The van der Waals surface area contributed by atoms with Crippen molar-refractivity contribution in [1.82, 2.24) is 0 Å². The van der Waals surface area contributed by atoms with Crippen LogP contribution in [0.4, 0.5) is 11.4 Å². The lowest BCUT2D eigenvalue weighted by Gasteiger charge is -2.27. The number of piperidine rings is 1. The van der Waals surface area contributed by atoms with Crippen molar-refractivity contribution < 1.29 is 13.2 Å². The molecule has 1 aliphatic rings. The first-order valence-electron chi connectivity index (χ1n) is 7.65. The fourth-order valence-electron chi connectivity index (χ4n) is 2.69. The second-order valence-corrected chi connectivity index (χ2v) is 7.65. The van der Waals surface area contributed by atoms with Crippen LogP contribution in [0.2, 0.25) is 5.02 Å². The van der Waals surface area contributed by atoms with Crippen molar-refractivity contribution in [2.75, 3.05) is 16.2 Å². The number of rotatable bonds is 4. The van der Waals surface area contributed by atoms with Gasteiger partial charge in [-0.05, 0) is 43.2 Å². The number of carbonyl (C=O) groups excluding carboxylic acids is 1. The van der Waals surface area contributed by atoms with E-state index in [0.717, 1.165) is 12.8 Å². The highest BCUT2D eigenvalue weighted by molar-refractivity contribution is 7.92.